The monoisotopic (exact) mass is 364 g/mol. The summed E-state index contributed by atoms with van der Waals surface area (Å²) < 4.78 is 5.33. The van der Waals surface area contributed by atoms with Crippen molar-refractivity contribution in [1.29, 1.82) is 0 Å². The van der Waals surface area contributed by atoms with E-state index in [2.05, 4.69) is 10.5 Å². The standard InChI is InChI=1S/C15H19Cl3N2O2/c1-8(2)15(9(3)4)20-19-14(21)7-22-13-6-11(17)10(16)5-12(13)18/h5-6,8-9H,7H2,1-4H3,(H,19,21). The third kappa shape index (κ3) is 5.67. The quantitative estimate of drug-likeness (QED) is 0.447. The summed E-state index contributed by atoms with van der Waals surface area (Å²) in [5.41, 5.74) is 3.40. The number of rotatable bonds is 6. The Morgan fingerprint density at radius 2 is 1.64 bits per heavy atom. The predicted molar refractivity (Wildman–Crippen MR) is 92.2 cm³/mol. The number of benzene rings is 1. The molecule has 1 rings (SSSR count). The van der Waals surface area contributed by atoms with Crippen LogP contribution in [0.5, 0.6) is 5.75 Å². The van der Waals surface area contributed by atoms with Crippen LogP contribution in [0.2, 0.25) is 15.1 Å². The second-order valence-corrected chi connectivity index (χ2v) is 6.59. The van der Waals surface area contributed by atoms with Crippen molar-refractivity contribution in [2.75, 3.05) is 6.61 Å². The SMILES string of the molecule is CC(C)C(=NNC(=O)COc1cc(Cl)c(Cl)cc1Cl)C(C)C. The van der Waals surface area contributed by atoms with Crippen LogP contribution in [0.4, 0.5) is 0 Å². The predicted octanol–water partition coefficient (Wildman–Crippen LogP) is 4.81. The molecule has 7 heteroatoms. The summed E-state index contributed by atoms with van der Waals surface area (Å²) in [4.78, 5) is 11.8. The van der Waals surface area contributed by atoms with Crippen molar-refractivity contribution in [1.82, 2.24) is 5.43 Å². The first-order chi connectivity index (χ1) is 10.2. The molecule has 0 fully saturated rings. The van der Waals surface area contributed by atoms with E-state index in [-0.39, 0.29) is 29.4 Å². The highest BCUT2D eigenvalue weighted by atomic mass is 35.5. The second-order valence-electron chi connectivity index (χ2n) is 5.37. The summed E-state index contributed by atoms with van der Waals surface area (Å²) in [5, 5.41) is 5.07. The Morgan fingerprint density at radius 3 is 2.18 bits per heavy atom. The highest BCUT2D eigenvalue weighted by molar-refractivity contribution is 6.43. The molecule has 1 aromatic carbocycles. The number of hydrogen-bond donors (Lipinski definition) is 1. The molecular weight excluding hydrogens is 347 g/mol. The minimum Gasteiger partial charge on any atom is -0.482 e. The molecule has 0 heterocycles. The molecule has 22 heavy (non-hydrogen) atoms. The Morgan fingerprint density at radius 1 is 1.09 bits per heavy atom. The zero-order valence-electron chi connectivity index (χ0n) is 12.9. The maximum atomic E-state index is 11.8. The topological polar surface area (TPSA) is 50.7 Å². The molecule has 1 aromatic rings. The van der Waals surface area contributed by atoms with Gasteiger partial charge < -0.3 is 4.74 Å². The van der Waals surface area contributed by atoms with E-state index in [9.17, 15) is 4.79 Å². The lowest BCUT2D eigenvalue weighted by Gasteiger charge is -2.14. The van der Waals surface area contributed by atoms with Crippen LogP contribution in [0.3, 0.4) is 0 Å². The molecule has 122 valence electrons. The number of hydrogen-bond acceptors (Lipinski definition) is 3. The van der Waals surface area contributed by atoms with Gasteiger partial charge in [-0.2, -0.15) is 5.10 Å². The fourth-order valence-corrected chi connectivity index (χ4v) is 2.43. The first-order valence-corrected chi connectivity index (χ1v) is 7.99. The van der Waals surface area contributed by atoms with Crippen molar-refractivity contribution in [3.63, 3.8) is 0 Å². The van der Waals surface area contributed by atoms with Crippen LogP contribution in [0, 0.1) is 11.8 Å². The lowest BCUT2D eigenvalue weighted by molar-refractivity contribution is -0.123. The largest absolute Gasteiger partial charge is 0.482 e. The number of hydrazone groups is 1. The third-order valence-electron chi connectivity index (χ3n) is 2.83. The van der Waals surface area contributed by atoms with E-state index in [0.717, 1.165) is 5.71 Å². The van der Waals surface area contributed by atoms with Gasteiger partial charge >= 0.3 is 0 Å². The van der Waals surface area contributed by atoms with Crippen molar-refractivity contribution >= 4 is 46.4 Å². The number of ether oxygens (including phenoxy) is 1. The van der Waals surface area contributed by atoms with Gasteiger partial charge in [0.05, 0.1) is 15.1 Å². The average Bonchev–Trinajstić information content (AvgIpc) is 2.40. The molecule has 0 unspecified atom stereocenters. The zero-order chi connectivity index (χ0) is 16.9. The van der Waals surface area contributed by atoms with Crippen LogP contribution in [0.25, 0.3) is 0 Å². The van der Waals surface area contributed by atoms with E-state index in [1.807, 2.05) is 27.7 Å². The van der Waals surface area contributed by atoms with Crippen molar-refractivity contribution in [3.05, 3.63) is 27.2 Å². The van der Waals surface area contributed by atoms with E-state index in [1.165, 1.54) is 12.1 Å². The molecule has 0 atom stereocenters. The molecule has 0 spiro atoms. The average molecular weight is 366 g/mol. The van der Waals surface area contributed by atoms with Crippen molar-refractivity contribution < 1.29 is 9.53 Å². The number of carbonyl (C=O) groups is 1. The Balaban J connectivity index is 2.64. The Bertz CT molecular complexity index is 562. The summed E-state index contributed by atoms with van der Waals surface area (Å²) in [6.07, 6.45) is 0. The normalized spacial score (nSPS) is 10.8. The molecule has 0 saturated heterocycles. The Kier molecular flexibility index (Phi) is 7.46. The molecule has 0 bridgehead atoms. The zero-order valence-corrected chi connectivity index (χ0v) is 15.2. The molecule has 0 aromatic heterocycles. The highest BCUT2D eigenvalue weighted by Gasteiger charge is 2.12. The Hall–Kier alpha value is -0.970. The van der Waals surface area contributed by atoms with Gasteiger partial charge in [-0.1, -0.05) is 62.5 Å². The van der Waals surface area contributed by atoms with E-state index < -0.39 is 0 Å². The molecule has 0 aliphatic carbocycles. The smallest absolute Gasteiger partial charge is 0.277 e. The van der Waals surface area contributed by atoms with Gasteiger partial charge in [-0.15, -0.1) is 0 Å². The molecule has 0 radical (unpaired) electrons. The van der Waals surface area contributed by atoms with Gasteiger partial charge in [-0.25, -0.2) is 5.43 Å². The van der Waals surface area contributed by atoms with Gasteiger partial charge in [0.2, 0.25) is 0 Å². The maximum absolute atomic E-state index is 11.8. The van der Waals surface area contributed by atoms with Gasteiger partial charge in [-0.05, 0) is 17.9 Å². The number of halogens is 3. The van der Waals surface area contributed by atoms with Crippen LogP contribution in [-0.2, 0) is 4.79 Å². The molecule has 0 aliphatic rings. The van der Waals surface area contributed by atoms with Crippen molar-refractivity contribution in [2.24, 2.45) is 16.9 Å². The van der Waals surface area contributed by atoms with Crippen LogP contribution in [0.1, 0.15) is 27.7 Å². The van der Waals surface area contributed by atoms with Gasteiger partial charge in [-0.3, -0.25) is 4.79 Å². The van der Waals surface area contributed by atoms with Crippen LogP contribution < -0.4 is 10.2 Å². The number of carbonyl (C=O) groups excluding carboxylic acids is 1. The molecule has 1 amide bonds. The van der Waals surface area contributed by atoms with Crippen LogP contribution in [-0.4, -0.2) is 18.2 Å². The molecule has 4 nitrogen and oxygen atoms in total. The van der Waals surface area contributed by atoms with E-state index in [0.29, 0.717) is 15.8 Å². The van der Waals surface area contributed by atoms with Crippen molar-refractivity contribution in [2.45, 2.75) is 27.7 Å². The lowest BCUT2D eigenvalue weighted by Crippen LogP contribution is -2.28. The fraction of sp³-hybridized carbons (Fsp3) is 0.467. The highest BCUT2D eigenvalue weighted by Crippen LogP contribution is 2.33. The van der Waals surface area contributed by atoms with E-state index in [1.54, 1.807) is 0 Å². The van der Waals surface area contributed by atoms with Gasteiger partial charge in [0, 0.05) is 11.8 Å². The van der Waals surface area contributed by atoms with Gasteiger partial charge in [0.1, 0.15) is 5.75 Å². The summed E-state index contributed by atoms with van der Waals surface area (Å²) in [6, 6.07) is 2.93. The number of nitrogens with one attached hydrogen (secondary N) is 1. The molecular formula is C15H19Cl3N2O2. The summed E-state index contributed by atoms with van der Waals surface area (Å²) >= 11 is 17.7. The van der Waals surface area contributed by atoms with Crippen molar-refractivity contribution in [3.8, 4) is 5.75 Å². The fourth-order valence-electron chi connectivity index (χ4n) is 1.84. The van der Waals surface area contributed by atoms with Crippen LogP contribution >= 0.6 is 34.8 Å². The summed E-state index contributed by atoms with van der Waals surface area (Å²) in [6.45, 7) is 7.88. The first kappa shape index (κ1) is 19.1. The third-order valence-corrected chi connectivity index (χ3v) is 3.84. The van der Waals surface area contributed by atoms with Gasteiger partial charge in [0.15, 0.2) is 6.61 Å². The minimum atomic E-state index is -0.374. The Labute approximate surface area is 145 Å². The van der Waals surface area contributed by atoms with Gasteiger partial charge in [0.25, 0.3) is 5.91 Å². The second kappa shape index (κ2) is 8.61. The first-order valence-electron chi connectivity index (χ1n) is 6.86. The molecule has 0 saturated carbocycles. The lowest BCUT2D eigenvalue weighted by atomic mass is 9.98. The van der Waals surface area contributed by atoms with Crippen LogP contribution in [0.15, 0.2) is 17.2 Å². The van der Waals surface area contributed by atoms with E-state index >= 15 is 0 Å². The molecule has 0 aliphatic heterocycles. The number of nitrogens with zero attached hydrogens (tertiary/aromatic N) is 1. The van der Waals surface area contributed by atoms with E-state index in [4.69, 9.17) is 39.5 Å². The summed E-state index contributed by atoms with van der Waals surface area (Å²) in [5.74, 6) is 0.431. The minimum absolute atomic E-state index is 0.218. The molecule has 1 N–H and O–H groups in total. The number of amides is 1. The maximum Gasteiger partial charge on any atom is 0.277 e. The summed E-state index contributed by atoms with van der Waals surface area (Å²) in [7, 11) is 0.